The third-order valence-electron chi connectivity index (χ3n) is 6.14. The normalized spacial score (nSPS) is 12.8. The van der Waals surface area contributed by atoms with E-state index in [0.717, 1.165) is 38.5 Å². The van der Waals surface area contributed by atoms with Crippen LogP contribution in [-0.2, 0) is 12.8 Å². The van der Waals surface area contributed by atoms with Crippen molar-refractivity contribution in [3.05, 3.63) is 65.5 Å². The Morgan fingerprint density at radius 2 is 1.00 bits per heavy atom. The molecule has 0 saturated carbocycles. The van der Waals surface area contributed by atoms with Gasteiger partial charge in [-0.3, -0.25) is 19.2 Å². The Balaban J connectivity index is 2.24. The van der Waals surface area contributed by atoms with Gasteiger partial charge < -0.3 is 9.97 Å². The van der Waals surface area contributed by atoms with Crippen LogP contribution >= 0.6 is 0 Å². The number of pyridine rings is 2. The number of hydrogen-bond acceptors (Lipinski definition) is 4. The zero-order valence-electron chi connectivity index (χ0n) is 18.3. The number of fused-ring (bicyclic) bond motifs is 2. The van der Waals surface area contributed by atoms with Gasteiger partial charge in [-0.1, -0.05) is 39.5 Å². The highest BCUT2D eigenvalue weighted by Gasteiger charge is 2.37. The zero-order valence-corrected chi connectivity index (χ0v) is 18.3. The number of unbranched alkanes of at least 4 members (excludes halogenated alkanes) is 4. The van der Waals surface area contributed by atoms with Gasteiger partial charge in [0.2, 0.25) is 5.78 Å². The standard InChI is InChI=1S/C24H30N2O4/c1-5-7-9-11-15-13(3)23(29)25-19-17(15)21(27)18-16(12-10-8-6-2)14(4)24(30)26-20(18)22(19)28/h5-12H2,1-4H3,(H,25,29)(H,26,30). The first-order valence-corrected chi connectivity index (χ1v) is 10.9. The van der Waals surface area contributed by atoms with Crippen molar-refractivity contribution < 1.29 is 9.59 Å². The molecule has 0 aliphatic heterocycles. The van der Waals surface area contributed by atoms with E-state index in [2.05, 4.69) is 23.8 Å². The monoisotopic (exact) mass is 410 g/mol. The van der Waals surface area contributed by atoms with Gasteiger partial charge in [0.05, 0.1) is 11.1 Å². The van der Waals surface area contributed by atoms with Crippen molar-refractivity contribution in [1.29, 1.82) is 0 Å². The topological polar surface area (TPSA) is 99.9 Å². The molecule has 0 fully saturated rings. The van der Waals surface area contributed by atoms with Gasteiger partial charge in [-0.05, 0) is 50.7 Å². The summed E-state index contributed by atoms with van der Waals surface area (Å²) in [5.41, 5.74) is 2.22. The highest BCUT2D eigenvalue weighted by Crippen LogP contribution is 2.31. The van der Waals surface area contributed by atoms with Gasteiger partial charge in [-0.25, -0.2) is 0 Å². The van der Waals surface area contributed by atoms with Crippen LogP contribution in [0.2, 0.25) is 0 Å². The number of nitrogens with one attached hydrogen (secondary N) is 2. The van der Waals surface area contributed by atoms with Gasteiger partial charge in [0.1, 0.15) is 11.4 Å². The molecule has 2 N–H and O–H groups in total. The lowest BCUT2D eigenvalue weighted by molar-refractivity contribution is 0.0969. The Morgan fingerprint density at radius 1 is 0.600 bits per heavy atom. The maximum Gasteiger partial charge on any atom is 0.251 e. The van der Waals surface area contributed by atoms with Crippen LogP contribution in [0, 0.1) is 13.8 Å². The van der Waals surface area contributed by atoms with E-state index in [0.29, 0.717) is 46.2 Å². The summed E-state index contributed by atoms with van der Waals surface area (Å²) in [6.07, 6.45) is 6.83. The quantitative estimate of drug-likeness (QED) is 0.550. The summed E-state index contributed by atoms with van der Waals surface area (Å²) in [4.78, 5) is 57.1. The number of ketones is 2. The minimum Gasteiger partial charge on any atom is -0.318 e. The number of carbonyl (C=O) groups is 2. The van der Waals surface area contributed by atoms with Crippen molar-refractivity contribution in [3.63, 3.8) is 0 Å². The van der Waals surface area contributed by atoms with Gasteiger partial charge in [0.25, 0.3) is 11.1 Å². The fourth-order valence-corrected chi connectivity index (χ4v) is 4.31. The van der Waals surface area contributed by atoms with E-state index in [1.165, 1.54) is 0 Å². The van der Waals surface area contributed by atoms with Crippen LogP contribution in [0.15, 0.2) is 9.59 Å². The van der Waals surface area contributed by atoms with E-state index in [4.69, 9.17) is 0 Å². The average molecular weight is 411 g/mol. The van der Waals surface area contributed by atoms with E-state index >= 15 is 0 Å². The first-order valence-electron chi connectivity index (χ1n) is 10.9. The minimum absolute atomic E-state index is 0.00797. The van der Waals surface area contributed by atoms with Crippen molar-refractivity contribution in [2.45, 2.75) is 79.1 Å². The lowest BCUT2D eigenvalue weighted by atomic mass is 9.81. The van der Waals surface area contributed by atoms with Crippen LogP contribution in [0.3, 0.4) is 0 Å². The molecular formula is C24H30N2O4. The van der Waals surface area contributed by atoms with E-state index in [9.17, 15) is 19.2 Å². The molecule has 1 aliphatic carbocycles. The summed E-state index contributed by atoms with van der Waals surface area (Å²) in [6.45, 7) is 7.58. The Kier molecular flexibility index (Phi) is 6.54. The Hall–Kier alpha value is -2.76. The second-order valence-electron chi connectivity index (χ2n) is 8.19. The molecule has 2 aromatic heterocycles. The van der Waals surface area contributed by atoms with E-state index in [1.807, 2.05) is 0 Å². The van der Waals surface area contributed by atoms with Crippen molar-refractivity contribution in [1.82, 2.24) is 9.97 Å². The number of aromatic amines is 2. The third kappa shape index (κ3) is 3.71. The summed E-state index contributed by atoms with van der Waals surface area (Å²) >= 11 is 0. The summed E-state index contributed by atoms with van der Waals surface area (Å²) in [6, 6.07) is 0. The summed E-state index contributed by atoms with van der Waals surface area (Å²) in [7, 11) is 0. The molecular weight excluding hydrogens is 380 g/mol. The van der Waals surface area contributed by atoms with Crippen molar-refractivity contribution in [2.24, 2.45) is 0 Å². The second-order valence-corrected chi connectivity index (χ2v) is 8.19. The average Bonchev–Trinajstić information content (AvgIpc) is 2.72. The lowest BCUT2D eigenvalue weighted by Gasteiger charge is -2.23. The molecule has 0 radical (unpaired) electrons. The molecule has 6 heteroatoms. The van der Waals surface area contributed by atoms with Crippen LogP contribution in [-0.4, -0.2) is 21.5 Å². The summed E-state index contributed by atoms with van der Waals surface area (Å²) in [5.74, 6) is -0.751. The number of aromatic nitrogens is 2. The molecule has 6 nitrogen and oxygen atoms in total. The number of rotatable bonds is 8. The second kappa shape index (κ2) is 8.94. The molecule has 0 aromatic carbocycles. The van der Waals surface area contributed by atoms with Gasteiger partial charge >= 0.3 is 0 Å². The van der Waals surface area contributed by atoms with Crippen LogP contribution in [0.4, 0.5) is 0 Å². The Labute approximate surface area is 176 Å². The van der Waals surface area contributed by atoms with Crippen LogP contribution < -0.4 is 11.1 Å². The summed E-state index contributed by atoms with van der Waals surface area (Å²) < 4.78 is 0. The molecule has 0 atom stereocenters. The van der Waals surface area contributed by atoms with Crippen molar-refractivity contribution in [2.75, 3.05) is 0 Å². The smallest absolute Gasteiger partial charge is 0.251 e. The molecule has 2 heterocycles. The highest BCUT2D eigenvalue weighted by molar-refractivity contribution is 6.28. The van der Waals surface area contributed by atoms with E-state index < -0.39 is 5.78 Å². The van der Waals surface area contributed by atoms with E-state index in [-0.39, 0.29) is 28.3 Å². The third-order valence-corrected chi connectivity index (χ3v) is 6.14. The number of carbonyl (C=O) groups excluding carboxylic acids is 2. The van der Waals surface area contributed by atoms with Crippen LogP contribution in [0.5, 0.6) is 0 Å². The first kappa shape index (κ1) is 21.9. The summed E-state index contributed by atoms with van der Waals surface area (Å²) in [5, 5.41) is 0. The molecule has 1 aliphatic rings. The van der Waals surface area contributed by atoms with Crippen molar-refractivity contribution in [3.8, 4) is 0 Å². The molecule has 0 amide bonds. The van der Waals surface area contributed by atoms with Gasteiger partial charge in [0, 0.05) is 11.1 Å². The molecule has 0 spiro atoms. The van der Waals surface area contributed by atoms with E-state index in [1.54, 1.807) is 13.8 Å². The van der Waals surface area contributed by atoms with Gasteiger partial charge in [0.15, 0.2) is 5.78 Å². The lowest BCUT2D eigenvalue weighted by Crippen LogP contribution is -2.34. The highest BCUT2D eigenvalue weighted by atomic mass is 16.2. The fraction of sp³-hybridized carbons (Fsp3) is 0.500. The van der Waals surface area contributed by atoms with Crippen molar-refractivity contribution >= 4 is 11.6 Å². The largest absolute Gasteiger partial charge is 0.318 e. The first-order chi connectivity index (χ1) is 14.3. The molecule has 2 aromatic rings. The molecule has 0 bridgehead atoms. The molecule has 3 rings (SSSR count). The van der Waals surface area contributed by atoms with Gasteiger partial charge in [-0.2, -0.15) is 0 Å². The predicted molar refractivity (Wildman–Crippen MR) is 117 cm³/mol. The molecule has 30 heavy (non-hydrogen) atoms. The maximum atomic E-state index is 13.7. The van der Waals surface area contributed by atoms with Crippen LogP contribution in [0.25, 0.3) is 0 Å². The molecule has 0 saturated heterocycles. The number of H-pyrrole nitrogens is 2. The molecule has 160 valence electrons. The number of hydrogen-bond donors (Lipinski definition) is 2. The Morgan fingerprint density at radius 3 is 1.37 bits per heavy atom. The van der Waals surface area contributed by atoms with Gasteiger partial charge in [-0.15, -0.1) is 0 Å². The fourth-order valence-electron chi connectivity index (χ4n) is 4.31. The SMILES string of the molecule is CCCCCc1c2c([nH]c(=O)c1C)C(=O)c1[nH]c(=O)c(C)c(CCCCC)c1C2=O. The minimum atomic E-state index is -0.484. The maximum absolute atomic E-state index is 13.7. The molecule has 0 unspecified atom stereocenters. The Bertz CT molecular complexity index is 1040. The van der Waals surface area contributed by atoms with Crippen LogP contribution in [0.1, 0.15) is 107 Å². The predicted octanol–water partition coefficient (Wildman–Crippen LogP) is 3.92. The zero-order chi connectivity index (χ0) is 22.0.